The Balaban J connectivity index is 3.02. The number of unbranched alkanes of at least 4 members (excludes halogenated alkanes) is 5. The molecule has 0 radical (unpaired) electrons. The van der Waals surface area contributed by atoms with Crippen LogP contribution in [0.2, 0.25) is 0 Å². The molecule has 0 aromatic rings. The van der Waals surface area contributed by atoms with Gasteiger partial charge in [0.1, 0.15) is 0 Å². The maximum Gasteiger partial charge on any atom is 0.0130 e. The molecule has 0 saturated heterocycles. The number of hydrogen-bond donors (Lipinski definition) is 1. The molecule has 0 heterocycles. The van der Waals surface area contributed by atoms with Crippen LogP contribution >= 0.6 is 11.8 Å². The molecule has 1 nitrogen and oxygen atoms in total. The summed E-state index contributed by atoms with van der Waals surface area (Å²) in [6, 6.07) is 0.436. The molecule has 0 aromatic carbocycles. The van der Waals surface area contributed by atoms with Crippen molar-refractivity contribution in [2.45, 2.75) is 64.8 Å². The summed E-state index contributed by atoms with van der Waals surface area (Å²) in [5.74, 6) is 2.34. The molecule has 0 aromatic heterocycles. The Labute approximate surface area is 94.2 Å². The van der Waals surface area contributed by atoms with Crippen LogP contribution in [-0.4, -0.2) is 17.5 Å². The molecule has 86 valence electrons. The number of rotatable bonds is 10. The van der Waals surface area contributed by atoms with Crippen molar-refractivity contribution in [2.24, 2.45) is 5.73 Å². The van der Waals surface area contributed by atoms with Crippen molar-refractivity contribution in [3.8, 4) is 0 Å². The lowest BCUT2D eigenvalue weighted by molar-refractivity contribution is 0.557. The predicted octanol–water partition coefficient (Wildman–Crippen LogP) is 3.82. The van der Waals surface area contributed by atoms with Gasteiger partial charge in [0.15, 0.2) is 0 Å². The summed E-state index contributed by atoms with van der Waals surface area (Å²) in [4.78, 5) is 0. The second kappa shape index (κ2) is 11.4. The van der Waals surface area contributed by atoms with Crippen molar-refractivity contribution < 1.29 is 0 Å². The lowest BCUT2D eigenvalue weighted by Crippen LogP contribution is -2.22. The van der Waals surface area contributed by atoms with Crippen molar-refractivity contribution >= 4 is 11.8 Å². The van der Waals surface area contributed by atoms with Gasteiger partial charge in [-0.15, -0.1) is 0 Å². The molecule has 0 spiro atoms. The van der Waals surface area contributed by atoms with Gasteiger partial charge in [0.25, 0.3) is 0 Å². The fourth-order valence-electron chi connectivity index (χ4n) is 1.54. The number of hydrogen-bond acceptors (Lipinski definition) is 2. The monoisotopic (exact) mass is 217 g/mol. The van der Waals surface area contributed by atoms with Crippen LogP contribution < -0.4 is 5.73 Å². The van der Waals surface area contributed by atoms with Crippen LogP contribution in [-0.2, 0) is 0 Å². The lowest BCUT2D eigenvalue weighted by Gasteiger charge is -2.09. The molecule has 0 saturated carbocycles. The van der Waals surface area contributed by atoms with Gasteiger partial charge in [0.2, 0.25) is 0 Å². The minimum Gasteiger partial charge on any atom is -0.327 e. The molecule has 14 heavy (non-hydrogen) atoms. The topological polar surface area (TPSA) is 26.0 Å². The van der Waals surface area contributed by atoms with E-state index in [0.717, 1.165) is 5.75 Å². The Kier molecular flexibility index (Phi) is 11.6. The van der Waals surface area contributed by atoms with Gasteiger partial charge < -0.3 is 5.73 Å². The van der Waals surface area contributed by atoms with Crippen LogP contribution in [0.25, 0.3) is 0 Å². The molecular weight excluding hydrogens is 190 g/mol. The van der Waals surface area contributed by atoms with E-state index in [1.54, 1.807) is 0 Å². The first-order valence-electron chi connectivity index (χ1n) is 6.14. The van der Waals surface area contributed by atoms with Gasteiger partial charge in [-0.2, -0.15) is 11.8 Å². The van der Waals surface area contributed by atoms with Crippen LogP contribution in [0.4, 0.5) is 0 Å². The summed E-state index contributed by atoms with van der Waals surface area (Å²) in [5, 5.41) is 0. The van der Waals surface area contributed by atoms with E-state index < -0.39 is 0 Å². The Bertz CT molecular complexity index is 106. The Hall–Kier alpha value is 0.310. The van der Waals surface area contributed by atoms with Gasteiger partial charge in [-0.25, -0.2) is 0 Å². The Morgan fingerprint density at radius 1 is 1.00 bits per heavy atom. The predicted molar refractivity (Wildman–Crippen MR) is 69.0 cm³/mol. The molecule has 0 amide bonds. The van der Waals surface area contributed by atoms with E-state index >= 15 is 0 Å². The normalized spacial score (nSPS) is 13.1. The zero-order valence-electron chi connectivity index (χ0n) is 9.93. The molecule has 1 atom stereocenters. The molecule has 0 aliphatic heterocycles. The smallest absolute Gasteiger partial charge is 0.0130 e. The minimum atomic E-state index is 0.436. The second-order valence-corrected chi connectivity index (χ2v) is 5.29. The molecule has 0 fully saturated rings. The number of thioether (sulfide) groups is 1. The van der Waals surface area contributed by atoms with E-state index in [1.165, 1.54) is 50.7 Å². The van der Waals surface area contributed by atoms with E-state index in [-0.39, 0.29) is 0 Å². The zero-order valence-corrected chi connectivity index (χ0v) is 10.7. The van der Waals surface area contributed by atoms with Crippen molar-refractivity contribution in [2.75, 3.05) is 11.5 Å². The average molecular weight is 217 g/mol. The summed E-state index contributed by atoms with van der Waals surface area (Å²) < 4.78 is 0. The Morgan fingerprint density at radius 2 is 1.64 bits per heavy atom. The van der Waals surface area contributed by atoms with Crippen molar-refractivity contribution in [3.63, 3.8) is 0 Å². The summed E-state index contributed by atoms with van der Waals surface area (Å²) in [6.45, 7) is 4.46. The van der Waals surface area contributed by atoms with Gasteiger partial charge in [-0.05, 0) is 12.2 Å². The van der Waals surface area contributed by atoms with Crippen molar-refractivity contribution in [3.05, 3.63) is 0 Å². The number of nitrogens with two attached hydrogens (primary N) is 1. The molecule has 0 aliphatic rings. The van der Waals surface area contributed by atoms with E-state index in [0.29, 0.717) is 6.04 Å². The van der Waals surface area contributed by atoms with Gasteiger partial charge in [-0.1, -0.05) is 52.4 Å². The van der Waals surface area contributed by atoms with E-state index in [9.17, 15) is 0 Å². The maximum absolute atomic E-state index is 5.98. The largest absolute Gasteiger partial charge is 0.327 e. The van der Waals surface area contributed by atoms with Crippen molar-refractivity contribution in [1.29, 1.82) is 0 Å². The molecule has 0 rings (SSSR count). The third-order valence-electron chi connectivity index (χ3n) is 2.46. The van der Waals surface area contributed by atoms with Gasteiger partial charge in [0.05, 0.1) is 0 Å². The molecule has 0 bridgehead atoms. The highest BCUT2D eigenvalue weighted by Gasteiger charge is 2.01. The Morgan fingerprint density at radius 3 is 2.29 bits per heavy atom. The van der Waals surface area contributed by atoms with Crippen LogP contribution in [0.15, 0.2) is 0 Å². The minimum absolute atomic E-state index is 0.436. The van der Waals surface area contributed by atoms with Crippen LogP contribution in [0.3, 0.4) is 0 Å². The quantitative estimate of drug-likeness (QED) is 0.563. The van der Waals surface area contributed by atoms with Gasteiger partial charge in [-0.3, -0.25) is 0 Å². The first-order valence-corrected chi connectivity index (χ1v) is 7.30. The van der Waals surface area contributed by atoms with Crippen LogP contribution in [0.5, 0.6) is 0 Å². The zero-order chi connectivity index (χ0) is 10.6. The van der Waals surface area contributed by atoms with Crippen LogP contribution in [0, 0.1) is 0 Å². The summed E-state index contributed by atoms with van der Waals surface area (Å²) in [6.07, 6.45) is 9.49. The lowest BCUT2D eigenvalue weighted by atomic mass is 10.1. The van der Waals surface area contributed by atoms with Crippen LogP contribution in [0.1, 0.15) is 58.8 Å². The third kappa shape index (κ3) is 10.4. The summed E-state index contributed by atoms with van der Waals surface area (Å²) in [7, 11) is 0. The molecule has 0 aliphatic carbocycles. The van der Waals surface area contributed by atoms with E-state index in [4.69, 9.17) is 5.73 Å². The van der Waals surface area contributed by atoms with Gasteiger partial charge >= 0.3 is 0 Å². The standard InChI is InChI=1S/C12H27NS/c1-3-5-6-7-8-9-10-12(13)11-14-4-2/h12H,3-11,13H2,1-2H3. The SMILES string of the molecule is CCCCCCCCC(N)CSCC. The van der Waals surface area contributed by atoms with E-state index in [1.807, 2.05) is 11.8 Å². The molecular formula is C12H27NS. The third-order valence-corrected chi connectivity index (χ3v) is 3.54. The molecule has 1 unspecified atom stereocenters. The average Bonchev–Trinajstić information content (AvgIpc) is 2.20. The second-order valence-electron chi connectivity index (χ2n) is 3.98. The summed E-state index contributed by atoms with van der Waals surface area (Å²) in [5.41, 5.74) is 5.98. The van der Waals surface area contributed by atoms with E-state index in [2.05, 4.69) is 13.8 Å². The first kappa shape index (κ1) is 14.3. The van der Waals surface area contributed by atoms with Gasteiger partial charge in [0, 0.05) is 11.8 Å². The van der Waals surface area contributed by atoms with Crippen molar-refractivity contribution in [1.82, 2.24) is 0 Å². The first-order chi connectivity index (χ1) is 6.81. The summed E-state index contributed by atoms with van der Waals surface area (Å²) >= 11 is 1.96. The highest BCUT2D eigenvalue weighted by atomic mass is 32.2. The fourth-order valence-corrected chi connectivity index (χ4v) is 2.24. The highest BCUT2D eigenvalue weighted by Crippen LogP contribution is 2.10. The maximum atomic E-state index is 5.98. The molecule has 2 heteroatoms. The highest BCUT2D eigenvalue weighted by molar-refractivity contribution is 7.99. The fraction of sp³-hybridized carbons (Fsp3) is 1.00. The molecule has 2 N–H and O–H groups in total.